The summed E-state index contributed by atoms with van der Waals surface area (Å²) in [5.41, 5.74) is 8.19. The number of aryl methyl sites for hydroxylation is 1. The fraction of sp³-hybridized carbons (Fsp3) is 0.357. The molecule has 0 spiro atoms. The van der Waals surface area contributed by atoms with Gasteiger partial charge in [-0.3, -0.25) is 4.31 Å². The minimum atomic E-state index is -3.64. The first-order valence-corrected chi connectivity index (χ1v) is 8.40. The topological polar surface area (TPSA) is 81.2 Å². The number of benzene rings is 1. The van der Waals surface area contributed by atoms with Crippen molar-refractivity contribution in [2.75, 3.05) is 16.6 Å². The minimum Gasteiger partial charge on any atom is -0.398 e. The number of nitrogen functional groups attached to an aromatic ring is 1. The van der Waals surface area contributed by atoms with Crippen molar-refractivity contribution in [1.82, 2.24) is 9.55 Å². The molecule has 1 aliphatic rings. The Morgan fingerprint density at radius 3 is 2.90 bits per heavy atom. The highest BCUT2D eigenvalue weighted by Crippen LogP contribution is 2.34. The summed E-state index contributed by atoms with van der Waals surface area (Å²) in [4.78, 5) is 4.03. The van der Waals surface area contributed by atoms with Gasteiger partial charge >= 0.3 is 0 Å². The van der Waals surface area contributed by atoms with Gasteiger partial charge in [0.15, 0.2) is 5.03 Å². The Hall–Kier alpha value is -2.02. The first-order chi connectivity index (χ1) is 10.0. The summed E-state index contributed by atoms with van der Waals surface area (Å²) < 4.78 is 28.8. The van der Waals surface area contributed by atoms with Crippen LogP contribution in [0.5, 0.6) is 0 Å². The first kappa shape index (κ1) is 13.9. The molecule has 3 rings (SSSR count). The number of fused-ring (bicyclic) bond motifs is 1. The third kappa shape index (κ3) is 2.27. The van der Waals surface area contributed by atoms with Crippen LogP contribution in [-0.2, 0) is 23.0 Å². The quantitative estimate of drug-likeness (QED) is 0.874. The summed E-state index contributed by atoms with van der Waals surface area (Å²) in [6.45, 7) is 3.08. The van der Waals surface area contributed by atoms with Gasteiger partial charge in [0.25, 0.3) is 10.0 Å². The lowest BCUT2D eigenvalue weighted by atomic mass is 10.0. The number of rotatable bonds is 3. The predicted octanol–water partition coefficient (Wildman–Crippen LogP) is 1.63. The molecular formula is C14H18N4O2S. The van der Waals surface area contributed by atoms with E-state index in [4.69, 9.17) is 5.73 Å². The highest BCUT2D eigenvalue weighted by atomic mass is 32.2. The van der Waals surface area contributed by atoms with Gasteiger partial charge in [-0.15, -0.1) is 0 Å². The van der Waals surface area contributed by atoms with Crippen LogP contribution in [0.25, 0.3) is 0 Å². The van der Waals surface area contributed by atoms with Gasteiger partial charge in [0.1, 0.15) is 0 Å². The average molecular weight is 306 g/mol. The molecule has 112 valence electrons. The standard InChI is InChI=1S/C14H18N4O2S/c1-2-17-9-14(16-10-17)21(19,20)18-8-4-5-11-12(15)6-3-7-13(11)18/h3,6-7,9-10H,2,4-5,8,15H2,1H3. The van der Waals surface area contributed by atoms with E-state index in [0.29, 0.717) is 24.5 Å². The molecule has 21 heavy (non-hydrogen) atoms. The molecule has 2 heterocycles. The lowest BCUT2D eigenvalue weighted by Crippen LogP contribution is -2.36. The Morgan fingerprint density at radius 1 is 1.38 bits per heavy atom. The largest absolute Gasteiger partial charge is 0.398 e. The molecule has 0 atom stereocenters. The van der Waals surface area contributed by atoms with E-state index in [1.54, 1.807) is 29.0 Å². The molecule has 2 aromatic rings. The van der Waals surface area contributed by atoms with Crippen molar-refractivity contribution in [2.24, 2.45) is 0 Å². The number of nitrogens with two attached hydrogens (primary N) is 1. The second-order valence-electron chi connectivity index (χ2n) is 5.07. The van der Waals surface area contributed by atoms with Crippen molar-refractivity contribution in [3.05, 3.63) is 36.3 Å². The molecule has 0 fully saturated rings. The van der Waals surface area contributed by atoms with Crippen LogP contribution in [0, 0.1) is 0 Å². The monoisotopic (exact) mass is 306 g/mol. The number of sulfonamides is 1. The van der Waals surface area contributed by atoms with Gasteiger partial charge in [-0.25, -0.2) is 4.98 Å². The number of hydrogen-bond acceptors (Lipinski definition) is 4. The SMILES string of the molecule is CCn1cnc(S(=O)(=O)N2CCCc3c(N)cccc32)c1. The summed E-state index contributed by atoms with van der Waals surface area (Å²) >= 11 is 0. The molecule has 1 aliphatic heterocycles. The zero-order chi connectivity index (χ0) is 15.0. The van der Waals surface area contributed by atoms with Crippen LogP contribution in [-0.4, -0.2) is 24.5 Å². The van der Waals surface area contributed by atoms with Gasteiger partial charge in [-0.05, 0) is 37.5 Å². The number of hydrogen-bond donors (Lipinski definition) is 1. The number of aromatic nitrogens is 2. The van der Waals surface area contributed by atoms with Crippen molar-refractivity contribution in [3.63, 3.8) is 0 Å². The van der Waals surface area contributed by atoms with E-state index in [1.165, 1.54) is 10.6 Å². The van der Waals surface area contributed by atoms with Crippen LogP contribution in [0.1, 0.15) is 18.9 Å². The Morgan fingerprint density at radius 2 is 2.19 bits per heavy atom. The summed E-state index contributed by atoms with van der Waals surface area (Å²) in [6.07, 6.45) is 4.67. The van der Waals surface area contributed by atoms with Crippen LogP contribution < -0.4 is 10.0 Å². The van der Waals surface area contributed by atoms with E-state index in [-0.39, 0.29) is 5.03 Å². The molecule has 0 saturated carbocycles. The van der Waals surface area contributed by atoms with Gasteiger partial charge in [0, 0.05) is 25.0 Å². The maximum Gasteiger partial charge on any atom is 0.283 e. The Balaban J connectivity index is 2.07. The summed E-state index contributed by atoms with van der Waals surface area (Å²) in [5.74, 6) is 0. The normalized spacial score (nSPS) is 15.0. The molecule has 0 amide bonds. The summed E-state index contributed by atoms with van der Waals surface area (Å²) in [7, 11) is -3.64. The van der Waals surface area contributed by atoms with Crippen LogP contribution in [0.15, 0.2) is 35.7 Å². The van der Waals surface area contributed by atoms with Crippen molar-refractivity contribution >= 4 is 21.4 Å². The van der Waals surface area contributed by atoms with E-state index >= 15 is 0 Å². The Labute approximate surface area is 124 Å². The number of imidazole rings is 1. The van der Waals surface area contributed by atoms with Gasteiger partial charge < -0.3 is 10.3 Å². The van der Waals surface area contributed by atoms with Gasteiger partial charge in [-0.1, -0.05) is 6.07 Å². The van der Waals surface area contributed by atoms with Crippen molar-refractivity contribution in [3.8, 4) is 0 Å². The van der Waals surface area contributed by atoms with E-state index in [9.17, 15) is 8.42 Å². The second-order valence-corrected chi connectivity index (χ2v) is 6.88. The van der Waals surface area contributed by atoms with E-state index in [1.807, 2.05) is 6.92 Å². The lowest BCUT2D eigenvalue weighted by Gasteiger charge is -2.30. The maximum atomic E-state index is 12.8. The fourth-order valence-corrected chi connectivity index (χ4v) is 4.10. The van der Waals surface area contributed by atoms with Crippen molar-refractivity contribution < 1.29 is 8.42 Å². The zero-order valence-corrected chi connectivity index (χ0v) is 12.7. The predicted molar refractivity (Wildman–Crippen MR) is 81.6 cm³/mol. The van der Waals surface area contributed by atoms with E-state index in [2.05, 4.69) is 4.98 Å². The van der Waals surface area contributed by atoms with Gasteiger partial charge in [0.2, 0.25) is 0 Å². The van der Waals surface area contributed by atoms with Crippen LogP contribution >= 0.6 is 0 Å². The zero-order valence-electron chi connectivity index (χ0n) is 11.9. The highest BCUT2D eigenvalue weighted by Gasteiger charge is 2.31. The van der Waals surface area contributed by atoms with Gasteiger partial charge in [0.05, 0.1) is 12.0 Å². The van der Waals surface area contributed by atoms with E-state index in [0.717, 1.165) is 18.4 Å². The maximum absolute atomic E-state index is 12.8. The molecular weight excluding hydrogens is 288 g/mol. The molecule has 1 aromatic heterocycles. The highest BCUT2D eigenvalue weighted by molar-refractivity contribution is 7.92. The van der Waals surface area contributed by atoms with Gasteiger partial charge in [-0.2, -0.15) is 8.42 Å². The van der Waals surface area contributed by atoms with E-state index < -0.39 is 10.0 Å². The summed E-state index contributed by atoms with van der Waals surface area (Å²) in [6, 6.07) is 5.40. The Kier molecular flexibility index (Phi) is 3.36. The first-order valence-electron chi connectivity index (χ1n) is 6.96. The van der Waals surface area contributed by atoms with Crippen LogP contribution in [0.2, 0.25) is 0 Å². The van der Waals surface area contributed by atoms with Crippen molar-refractivity contribution in [2.45, 2.75) is 31.3 Å². The average Bonchev–Trinajstić information content (AvgIpc) is 2.97. The van der Waals surface area contributed by atoms with Crippen LogP contribution in [0.3, 0.4) is 0 Å². The molecule has 2 N–H and O–H groups in total. The number of nitrogens with zero attached hydrogens (tertiary/aromatic N) is 3. The fourth-order valence-electron chi connectivity index (χ4n) is 2.63. The molecule has 0 radical (unpaired) electrons. The van der Waals surface area contributed by atoms with Crippen molar-refractivity contribution in [1.29, 1.82) is 0 Å². The number of anilines is 2. The molecule has 0 bridgehead atoms. The molecule has 1 aromatic carbocycles. The van der Waals surface area contributed by atoms with Crippen LogP contribution in [0.4, 0.5) is 11.4 Å². The third-order valence-electron chi connectivity index (χ3n) is 3.77. The minimum absolute atomic E-state index is 0.0830. The smallest absolute Gasteiger partial charge is 0.283 e. The second kappa shape index (κ2) is 5.07. The molecule has 0 unspecified atom stereocenters. The third-order valence-corrected chi connectivity index (χ3v) is 5.47. The molecule has 7 heteroatoms. The summed E-state index contributed by atoms with van der Waals surface area (Å²) in [5, 5.41) is 0.0830. The lowest BCUT2D eigenvalue weighted by molar-refractivity contribution is 0.583. The molecule has 6 nitrogen and oxygen atoms in total. The Bertz CT molecular complexity index is 767. The molecule has 0 saturated heterocycles. The molecule has 0 aliphatic carbocycles.